The molecule has 0 aromatic heterocycles. The Morgan fingerprint density at radius 3 is 3.06 bits per heavy atom. The molecule has 1 unspecified atom stereocenters. The van der Waals surface area contributed by atoms with Crippen LogP contribution in [0.15, 0.2) is 18.2 Å². The van der Waals surface area contributed by atoms with Crippen LogP contribution in [0.5, 0.6) is 0 Å². The number of halogens is 1. The van der Waals surface area contributed by atoms with Crippen LogP contribution in [0.25, 0.3) is 0 Å². The fourth-order valence-electron chi connectivity index (χ4n) is 2.21. The second kappa shape index (κ2) is 5.35. The van der Waals surface area contributed by atoms with Gasteiger partial charge in [-0.3, -0.25) is 0 Å². The lowest BCUT2D eigenvalue weighted by molar-refractivity contribution is 0.0695. The van der Waals surface area contributed by atoms with Crippen molar-refractivity contribution >= 4 is 11.7 Å². The number of benzene rings is 1. The van der Waals surface area contributed by atoms with Crippen LogP contribution in [0, 0.1) is 5.82 Å². The number of hydrogen-bond acceptors (Lipinski definition) is 3. The maximum Gasteiger partial charge on any atom is 0.337 e. The Hall–Kier alpha value is -1.62. The van der Waals surface area contributed by atoms with Crippen molar-refractivity contribution < 1.29 is 19.0 Å². The van der Waals surface area contributed by atoms with Gasteiger partial charge in [0.1, 0.15) is 5.82 Å². The fraction of sp³-hybridized carbons (Fsp3) is 0.462. The van der Waals surface area contributed by atoms with Crippen LogP contribution < -0.4 is 4.90 Å². The molecular formula is C13H16FNO3. The first-order chi connectivity index (χ1) is 8.59. The first-order valence-electron chi connectivity index (χ1n) is 5.98. The highest BCUT2D eigenvalue weighted by molar-refractivity contribution is 5.94. The fourth-order valence-corrected chi connectivity index (χ4v) is 2.21. The van der Waals surface area contributed by atoms with Gasteiger partial charge in [-0.2, -0.15) is 0 Å². The normalized spacial score (nSPS) is 20.6. The molecule has 1 heterocycles. The number of carboxylic acids is 1. The average molecular weight is 253 g/mol. The Morgan fingerprint density at radius 1 is 1.56 bits per heavy atom. The van der Waals surface area contributed by atoms with Crippen molar-refractivity contribution in [1.82, 2.24) is 0 Å². The molecule has 1 aromatic rings. The van der Waals surface area contributed by atoms with Crippen LogP contribution in [0.3, 0.4) is 0 Å². The van der Waals surface area contributed by atoms with Crippen molar-refractivity contribution in [3.8, 4) is 0 Å². The number of rotatable bonds is 2. The number of anilines is 1. The van der Waals surface area contributed by atoms with E-state index in [2.05, 4.69) is 0 Å². The molecule has 0 saturated carbocycles. The van der Waals surface area contributed by atoms with Gasteiger partial charge in [-0.25, -0.2) is 9.18 Å². The summed E-state index contributed by atoms with van der Waals surface area (Å²) in [6, 6.07) is 4.13. The molecule has 0 amide bonds. The molecule has 1 atom stereocenters. The van der Waals surface area contributed by atoms with Crippen LogP contribution in [-0.4, -0.2) is 36.9 Å². The second-order valence-electron chi connectivity index (χ2n) is 4.42. The third-order valence-electron chi connectivity index (χ3n) is 2.99. The minimum atomic E-state index is -1.11. The number of para-hydroxylation sites is 1. The van der Waals surface area contributed by atoms with E-state index in [1.165, 1.54) is 18.2 Å². The lowest BCUT2D eigenvalue weighted by Crippen LogP contribution is -2.32. The van der Waals surface area contributed by atoms with Gasteiger partial charge in [-0.1, -0.05) is 6.07 Å². The molecule has 0 bridgehead atoms. The molecule has 0 spiro atoms. The predicted molar refractivity (Wildman–Crippen MR) is 65.6 cm³/mol. The lowest BCUT2D eigenvalue weighted by Gasteiger charge is -2.26. The molecule has 98 valence electrons. The Kier molecular flexibility index (Phi) is 3.81. The number of carboxylic acid groups (broad SMARTS) is 1. The van der Waals surface area contributed by atoms with Crippen LogP contribution in [-0.2, 0) is 4.74 Å². The standard InChI is InChI=1S/C13H16FNO3/c1-9-8-15(6-3-7-18-9)12-10(13(16)17)4-2-5-11(12)14/h2,4-5,9H,3,6-8H2,1H3,(H,16,17). The van der Waals surface area contributed by atoms with Crippen molar-refractivity contribution in [2.75, 3.05) is 24.6 Å². The van der Waals surface area contributed by atoms with Crippen LogP contribution in [0.4, 0.5) is 10.1 Å². The Labute approximate surface area is 105 Å². The molecule has 1 aliphatic rings. The summed E-state index contributed by atoms with van der Waals surface area (Å²) in [5.41, 5.74) is 0.173. The Morgan fingerprint density at radius 2 is 2.33 bits per heavy atom. The zero-order valence-electron chi connectivity index (χ0n) is 10.2. The molecule has 18 heavy (non-hydrogen) atoms. The molecule has 1 saturated heterocycles. The zero-order valence-corrected chi connectivity index (χ0v) is 10.2. The van der Waals surface area contributed by atoms with E-state index >= 15 is 0 Å². The van der Waals surface area contributed by atoms with Gasteiger partial charge in [0.05, 0.1) is 17.4 Å². The minimum Gasteiger partial charge on any atom is -0.478 e. The van der Waals surface area contributed by atoms with Crippen LogP contribution in [0.1, 0.15) is 23.7 Å². The predicted octanol–water partition coefficient (Wildman–Crippen LogP) is 2.14. The van der Waals surface area contributed by atoms with Gasteiger partial charge in [0.15, 0.2) is 0 Å². The largest absolute Gasteiger partial charge is 0.478 e. The summed E-state index contributed by atoms with van der Waals surface area (Å²) in [4.78, 5) is 12.9. The highest BCUT2D eigenvalue weighted by Gasteiger charge is 2.23. The van der Waals surface area contributed by atoms with Gasteiger partial charge in [0.2, 0.25) is 0 Å². The quantitative estimate of drug-likeness (QED) is 0.877. The maximum atomic E-state index is 13.9. The molecule has 1 N–H and O–H groups in total. The number of aromatic carboxylic acids is 1. The summed E-state index contributed by atoms with van der Waals surface area (Å²) >= 11 is 0. The van der Waals surface area contributed by atoms with Crippen molar-refractivity contribution in [2.24, 2.45) is 0 Å². The molecule has 2 rings (SSSR count). The molecule has 1 fully saturated rings. The number of carbonyl (C=O) groups is 1. The molecule has 1 aliphatic heterocycles. The first-order valence-corrected chi connectivity index (χ1v) is 5.98. The highest BCUT2D eigenvalue weighted by atomic mass is 19.1. The van der Waals surface area contributed by atoms with E-state index < -0.39 is 11.8 Å². The van der Waals surface area contributed by atoms with Gasteiger partial charge >= 0.3 is 5.97 Å². The van der Waals surface area contributed by atoms with Gasteiger partial charge in [0.25, 0.3) is 0 Å². The van der Waals surface area contributed by atoms with Crippen molar-refractivity contribution in [2.45, 2.75) is 19.4 Å². The Bertz CT molecular complexity index is 450. The lowest BCUT2D eigenvalue weighted by atomic mass is 10.1. The molecular weight excluding hydrogens is 237 g/mol. The van der Waals surface area contributed by atoms with E-state index in [0.717, 1.165) is 6.42 Å². The van der Waals surface area contributed by atoms with E-state index in [1.54, 1.807) is 4.90 Å². The minimum absolute atomic E-state index is 0.00380. The molecule has 0 radical (unpaired) electrons. The zero-order chi connectivity index (χ0) is 13.1. The van der Waals surface area contributed by atoms with Gasteiger partial charge in [-0.15, -0.1) is 0 Å². The second-order valence-corrected chi connectivity index (χ2v) is 4.42. The highest BCUT2D eigenvalue weighted by Crippen LogP contribution is 2.26. The first kappa shape index (κ1) is 12.8. The summed E-state index contributed by atoms with van der Waals surface area (Å²) in [6.45, 7) is 3.63. The summed E-state index contributed by atoms with van der Waals surface area (Å²) in [6.07, 6.45) is 0.728. The van der Waals surface area contributed by atoms with E-state index in [0.29, 0.717) is 19.7 Å². The third-order valence-corrected chi connectivity index (χ3v) is 2.99. The van der Waals surface area contributed by atoms with E-state index in [9.17, 15) is 9.18 Å². The van der Waals surface area contributed by atoms with Gasteiger partial charge in [-0.05, 0) is 25.5 Å². The van der Waals surface area contributed by atoms with E-state index in [1.807, 2.05) is 6.92 Å². The van der Waals surface area contributed by atoms with Crippen LogP contribution in [0.2, 0.25) is 0 Å². The average Bonchev–Trinajstić information content (AvgIpc) is 2.53. The summed E-state index contributed by atoms with van der Waals surface area (Å²) in [5, 5.41) is 9.13. The molecule has 0 aliphatic carbocycles. The van der Waals surface area contributed by atoms with Crippen molar-refractivity contribution in [3.05, 3.63) is 29.6 Å². The smallest absolute Gasteiger partial charge is 0.337 e. The van der Waals surface area contributed by atoms with Crippen LogP contribution >= 0.6 is 0 Å². The van der Waals surface area contributed by atoms with Crippen molar-refractivity contribution in [3.63, 3.8) is 0 Å². The number of hydrogen-bond donors (Lipinski definition) is 1. The Balaban J connectivity index is 2.39. The molecule has 4 nitrogen and oxygen atoms in total. The summed E-state index contributed by atoms with van der Waals surface area (Å²) in [7, 11) is 0. The number of nitrogens with zero attached hydrogens (tertiary/aromatic N) is 1. The third kappa shape index (κ3) is 2.61. The monoisotopic (exact) mass is 253 g/mol. The topological polar surface area (TPSA) is 49.8 Å². The maximum absolute atomic E-state index is 13.9. The molecule has 5 heteroatoms. The number of ether oxygens (including phenoxy) is 1. The summed E-state index contributed by atoms with van der Waals surface area (Å²) < 4.78 is 19.4. The molecule has 1 aromatic carbocycles. The summed E-state index contributed by atoms with van der Waals surface area (Å²) in [5.74, 6) is -1.61. The van der Waals surface area contributed by atoms with Gasteiger partial charge in [0, 0.05) is 19.7 Å². The van der Waals surface area contributed by atoms with E-state index in [-0.39, 0.29) is 17.4 Å². The van der Waals surface area contributed by atoms with E-state index in [4.69, 9.17) is 9.84 Å². The SMILES string of the molecule is CC1CN(c2c(F)cccc2C(=O)O)CCCO1. The van der Waals surface area contributed by atoms with Crippen molar-refractivity contribution in [1.29, 1.82) is 0 Å². The van der Waals surface area contributed by atoms with Gasteiger partial charge < -0.3 is 14.7 Å².